The summed E-state index contributed by atoms with van der Waals surface area (Å²) in [4.78, 5) is 12.0. The van der Waals surface area contributed by atoms with Crippen molar-refractivity contribution in [2.75, 3.05) is 7.11 Å². The van der Waals surface area contributed by atoms with E-state index in [-0.39, 0.29) is 12.2 Å². The van der Waals surface area contributed by atoms with Crippen molar-refractivity contribution >= 4 is 21.7 Å². The highest BCUT2D eigenvalue weighted by molar-refractivity contribution is 9.10. The number of carbonyl (C=O) groups is 1. The third kappa shape index (κ3) is 3.41. The van der Waals surface area contributed by atoms with E-state index in [1.54, 1.807) is 19.2 Å². The van der Waals surface area contributed by atoms with Crippen LogP contribution in [0, 0.1) is 5.82 Å². The third-order valence-corrected chi connectivity index (χ3v) is 3.35. The Hall–Kier alpha value is -1.68. The van der Waals surface area contributed by atoms with E-state index in [1.807, 2.05) is 12.1 Å². The molecule has 0 atom stereocenters. The highest BCUT2D eigenvalue weighted by atomic mass is 79.9. The van der Waals surface area contributed by atoms with Gasteiger partial charge in [-0.15, -0.1) is 0 Å². The van der Waals surface area contributed by atoms with Crippen molar-refractivity contribution in [3.63, 3.8) is 0 Å². The molecule has 0 aliphatic heterocycles. The molecule has 4 heteroatoms. The van der Waals surface area contributed by atoms with Gasteiger partial charge in [0, 0.05) is 12.0 Å². The second-order valence-electron chi connectivity index (χ2n) is 4.08. The lowest BCUT2D eigenvalue weighted by molar-refractivity contribution is 0.0992. The Morgan fingerprint density at radius 1 is 1.26 bits per heavy atom. The van der Waals surface area contributed by atoms with E-state index >= 15 is 0 Å². The molecule has 0 aliphatic rings. The molecule has 2 aromatic carbocycles. The molecule has 0 saturated heterocycles. The van der Waals surface area contributed by atoms with Gasteiger partial charge in [0.15, 0.2) is 5.78 Å². The summed E-state index contributed by atoms with van der Waals surface area (Å²) in [5, 5.41) is 0. The lowest BCUT2D eigenvalue weighted by Crippen LogP contribution is -2.04. The van der Waals surface area contributed by atoms with Crippen LogP contribution in [0.15, 0.2) is 46.9 Å². The molecule has 98 valence electrons. The summed E-state index contributed by atoms with van der Waals surface area (Å²) in [6.45, 7) is 0. The number of rotatable bonds is 4. The Bertz CT molecular complexity index is 611. The molecule has 2 rings (SSSR count). The van der Waals surface area contributed by atoms with E-state index < -0.39 is 5.82 Å². The van der Waals surface area contributed by atoms with Gasteiger partial charge in [-0.1, -0.05) is 18.2 Å². The van der Waals surface area contributed by atoms with Gasteiger partial charge >= 0.3 is 0 Å². The number of ether oxygens (including phenoxy) is 1. The third-order valence-electron chi connectivity index (χ3n) is 2.73. The van der Waals surface area contributed by atoms with Crippen LogP contribution in [0.2, 0.25) is 0 Å². The molecule has 0 aliphatic carbocycles. The molecule has 2 aromatic rings. The van der Waals surface area contributed by atoms with Crippen LogP contribution in [0.25, 0.3) is 0 Å². The van der Waals surface area contributed by atoms with Gasteiger partial charge in [-0.05, 0) is 45.8 Å². The fraction of sp³-hybridized carbons (Fsp3) is 0.133. The number of carbonyl (C=O) groups excluding carboxylic acids is 1. The fourth-order valence-corrected chi connectivity index (χ4v) is 2.36. The fourth-order valence-electron chi connectivity index (χ4n) is 1.77. The minimum atomic E-state index is -0.401. The number of Topliss-reactive ketones (excluding diaryl/α,β-unsaturated/α-hetero) is 1. The molecule has 0 saturated carbocycles. The number of ketones is 1. The van der Waals surface area contributed by atoms with Crippen molar-refractivity contribution in [2.24, 2.45) is 0 Å². The van der Waals surface area contributed by atoms with Gasteiger partial charge in [0.1, 0.15) is 11.6 Å². The Morgan fingerprint density at radius 2 is 2.05 bits per heavy atom. The first-order chi connectivity index (χ1) is 9.10. The van der Waals surface area contributed by atoms with Gasteiger partial charge in [0.25, 0.3) is 0 Å². The summed E-state index contributed by atoms with van der Waals surface area (Å²) in [5.41, 5.74) is 1.23. The van der Waals surface area contributed by atoms with Crippen LogP contribution in [0.5, 0.6) is 5.75 Å². The maximum Gasteiger partial charge on any atom is 0.167 e. The molecular weight excluding hydrogens is 311 g/mol. The Kier molecular flexibility index (Phi) is 4.32. The Balaban J connectivity index is 2.17. The Labute approximate surface area is 119 Å². The Morgan fingerprint density at radius 3 is 2.68 bits per heavy atom. The highest BCUT2D eigenvalue weighted by Gasteiger charge is 2.09. The van der Waals surface area contributed by atoms with Gasteiger partial charge in [0.05, 0.1) is 11.6 Å². The monoisotopic (exact) mass is 322 g/mol. The SMILES string of the molecule is COc1ccc(CC(=O)c2cccc(F)c2)cc1Br. The number of methoxy groups -OCH3 is 1. The predicted molar refractivity (Wildman–Crippen MR) is 75.1 cm³/mol. The lowest BCUT2D eigenvalue weighted by atomic mass is 10.0. The van der Waals surface area contributed by atoms with E-state index in [0.717, 1.165) is 10.0 Å². The van der Waals surface area contributed by atoms with Crippen LogP contribution in [0.3, 0.4) is 0 Å². The summed E-state index contributed by atoms with van der Waals surface area (Å²) in [5.74, 6) is 0.195. The van der Waals surface area contributed by atoms with Gasteiger partial charge in [-0.3, -0.25) is 4.79 Å². The van der Waals surface area contributed by atoms with Gasteiger partial charge in [0.2, 0.25) is 0 Å². The van der Waals surface area contributed by atoms with E-state index in [0.29, 0.717) is 11.3 Å². The van der Waals surface area contributed by atoms with E-state index in [1.165, 1.54) is 18.2 Å². The predicted octanol–water partition coefficient (Wildman–Crippen LogP) is 4.02. The molecule has 0 radical (unpaired) electrons. The summed E-state index contributed by atoms with van der Waals surface area (Å²) in [7, 11) is 1.58. The number of halogens is 2. The number of benzene rings is 2. The molecule has 0 unspecified atom stereocenters. The molecule has 0 bridgehead atoms. The van der Waals surface area contributed by atoms with Crippen LogP contribution in [0.1, 0.15) is 15.9 Å². The summed E-state index contributed by atoms with van der Waals surface area (Å²) in [6, 6.07) is 11.2. The van der Waals surface area contributed by atoms with Crippen LogP contribution < -0.4 is 4.74 Å². The molecular formula is C15H12BrFO2. The van der Waals surface area contributed by atoms with Crippen molar-refractivity contribution in [2.45, 2.75) is 6.42 Å². The van der Waals surface area contributed by atoms with Crippen LogP contribution in [0.4, 0.5) is 4.39 Å². The smallest absolute Gasteiger partial charge is 0.167 e. The van der Waals surface area contributed by atoms with Crippen molar-refractivity contribution in [1.82, 2.24) is 0 Å². The average molecular weight is 323 g/mol. The quantitative estimate of drug-likeness (QED) is 0.795. The zero-order valence-corrected chi connectivity index (χ0v) is 11.9. The molecule has 0 N–H and O–H groups in total. The van der Waals surface area contributed by atoms with Crippen molar-refractivity contribution in [3.05, 3.63) is 63.9 Å². The standard InChI is InChI=1S/C15H12BrFO2/c1-19-15-6-5-10(7-13(15)16)8-14(18)11-3-2-4-12(17)9-11/h2-7,9H,8H2,1H3. The molecule has 0 amide bonds. The van der Waals surface area contributed by atoms with Crippen LogP contribution in [-0.4, -0.2) is 12.9 Å². The van der Waals surface area contributed by atoms with Crippen LogP contribution in [-0.2, 0) is 6.42 Å². The largest absolute Gasteiger partial charge is 0.496 e. The minimum Gasteiger partial charge on any atom is -0.496 e. The summed E-state index contributed by atoms with van der Waals surface area (Å²) >= 11 is 3.37. The summed E-state index contributed by atoms with van der Waals surface area (Å²) in [6.07, 6.45) is 0.228. The first kappa shape index (κ1) is 13.7. The first-order valence-corrected chi connectivity index (χ1v) is 6.50. The first-order valence-electron chi connectivity index (χ1n) is 5.71. The molecule has 0 heterocycles. The second kappa shape index (κ2) is 5.97. The number of hydrogen-bond donors (Lipinski definition) is 0. The van der Waals surface area contributed by atoms with Gasteiger partial charge < -0.3 is 4.74 Å². The van der Waals surface area contributed by atoms with Gasteiger partial charge in [-0.2, -0.15) is 0 Å². The average Bonchev–Trinajstić information content (AvgIpc) is 2.39. The van der Waals surface area contributed by atoms with E-state index in [4.69, 9.17) is 4.74 Å². The topological polar surface area (TPSA) is 26.3 Å². The van der Waals surface area contributed by atoms with E-state index in [9.17, 15) is 9.18 Å². The second-order valence-corrected chi connectivity index (χ2v) is 4.93. The van der Waals surface area contributed by atoms with Crippen molar-refractivity contribution in [3.8, 4) is 5.75 Å². The maximum absolute atomic E-state index is 13.1. The molecule has 19 heavy (non-hydrogen) atoms. The molecule has 0 fully saturated rings. The summed E-state index contributed by atoms with van der Waals surface area (Å²) < 4.78 is 19.0. The van der Waals surface area contributed by atoms with E-state index in [2.05, 4.69) is 15.9 Å². The van der Waals surface area contributed by atoms with Crippen molar-refractivity contribution in [1.29, 1.82) is 0 Å². The maximum atomic E-state index is 13.1. The zero-order chi connectivity index (χ0) is 13.8. The molecule has 2 nitrogen and oxygen atoms in total. The van der Waals surface area contributed by atoms with Crippen LogP contribution >= 0.6 is 15.9 Å². The minimum absolute atomic E-state index is 0.114. The molecule has 0 spiro atoms. The molecule has 0 aromatic heterocycles. The highest BCUT2D eigenvalue weighted by Crippen LogP contribution is 2.26. The lowest BCUT2D eigenvalue weighted by Gasteiger charge is -2.06. The zero-order valence-electron chi connectivity index (χ0n) is 10.3. The number of hydrogen-bond acceptors (Lipinski definition) is 2. The normalized spacial score (nSPS) is 10.3. The van der Waals surface area contributed by atoms with Gasteiger partial charge in [-0.25, -0.2) is 4.39 Å². The van der Waals surface area contributed by atoms with Crippen molar-refractivity contribution < 1.29 is 13.9 Å².